The van der Waals surface area contributed by atoms with E-state index in [1.807, 2.05) is 23.6 Å². The summed E-state index contributed by atoms with van der Waals surface area (Å²) in [6.45, 7) is 3.53. The van der Waals surface area contributed by atoms with Crippen LogP contribution in [0.4, 0.5) is 5.13 Å². The van der Waals surface area contributed by atoms with Crippen LogP contribution < -0.4 is 10.2 Å². The first-order valence-electron chi connectivity index (χ1n) is 8.34. The lowest BCUT2D eigenvalue weighted by atomic mass is 10.1. The second kappa shape index (κ2) is 8.73. The van der Waals surface area contributed by atoms with E-state index in [2.05, 4.69) is 15.2 Å². The second-order valence-electron chi connectivity index (χ2n) is 5.79. The number of rotatable bonds is 7. The predicted molar refractivity (Wildman–Crippen MR) is 97.0 cm³/mol. The first-order chi connectivity index (χ1) is 12.2. The number of carbonyl (C=O) groups is 2. The Morgan fingerprint density at radius 1 is 1.16 bits per heavy atom. The lowest BCUT2D eigenvalue weighted by Gasteiger charge is -2.26. The van der Waals surface area contributed by atoms with Crippen molar-refractivity contribution in [3.05, 3.63) is 47.0 Å². The standard InChI is InChI=1S/C18H21N3O3S/c22-16(14-4-2-1-3-5-14)6-7-17(23)19-12-15-13-25-18(20-15)21-8-10-24-11-9-21/h1-5,13H,6-12H2,(H,19,23). The average Bonchev–Trinajstić information content (AvgIpc) is 3.15. The van der Waals surface area contributed by atoms with Gasteiger partial charge in [0, 0.05) is 36.9 Å². The van der Waals surface area contributed by atoms with Crippen LogP contribution in [0.25, 0.3) is 0 Å². The fourth-order valence-corrected chi connectivity index (χ4v) is 3.43. The van der Waals surface area contributed by atoms with E-state index in [0.29, 0.717) is 12.1 Å². The van der Waals surface area contributed by atoms with Crippen LogP contribution in [0, 0.1) is 0 Å². The highest BCUT2D eigenvalue weighted by Crippen LogP contribution is 2.21. The molecule has 0 bridgehead atoms. The Bertz CT molecular complexity index is 711. The summed E-state index contributed by atoms with van der Waals surface area (Å²) in [5, 5.41) is 5.75. The van der Waals surface area contributed by atoms with Gasteiger partial charge in [-0.15, -0.1) is 11.3 Å². The summed E-state index contributed by atoms with van der Waals surface area (Å²) < 4.78 is 5.34. The van der Waals surface area contributed by atoms with Gasteiger partial charge in [-0.05, 0) is 0 Å². The number of nitrogens with zero attached hydrogens (tertiary/aromatic N) is 2. The topological polar surface area (TPSA) is 71.5 Å². The molecule has 0 atom stereocenters. The maximum Gasteiger partial charge on any atom is 0.220 e. The van der Waals surface area contributed by atoms with Crippen molar-refractivity contribution in [1.82, 2.24) is 10.3 Å². The maximum absolute atomic E-state index is 12.0. The zero-order valence-corrected chi connectivity index (χ0v) is 14.8. The SMILES string of the molecule is O=C(CCC(=O)c1ccccc1)NCc1csc(N2CCOCC2)n1. The van der Waals surface area contributed by atoms with Gasteiger partial charge in [-0.1, -0.05) is 30.3 Å². The summed E-state index contributed by atoms with van der Waals surface area (Å²) in [6, 6.07) is 9.04. The summed E-state index contributed by atoms with van der Waals surface area (Å²) in [5.41, 5.74) is 1.49. The Labute approximate surface area is 150 Å². The minimum absolute atomic E-state index is 0.0148. The maximum atomic E-state index is 12.0. The number of ketones is 1. The smallest absolute Gasteiger partial charge is 0.220 e. The molecule has 0 unspecified atom stereocenters. The third-order valence-corrected chi connectivity index (χ3v) is 4.91. The Hall–Kier alpha value is -2.25. The predicted octanol–water partition coefficient (Wildman–Crippen LogP) is 2.26. The largest absolute Gasteiger partial charge is 0.378 e. The molecule has 1 aromatic carbocycles. The van der Waals surface area contributed by atoms with Gasteiger partial charge in [0.05, 0.1) is 25.5 Å². The Morgan fingerprint density at radius 2 is 1.92 bits per heavy atom. The monoisotopic (exact) mass is 359 g/mol. The zero-order chi connectivity index (χ0) is 17.5. The second-order valence-corrected chi connectivity index (χ2v) is 6.62. The molecule has 1 aliphatic rings. The van der Waals surface area contributed by atoms with E-state index in [0.717, 1.165) is 37.1 Å². The number of aromatic nitrogens is 1. The lowest BCUT2D eigenvalue weighted by molar-refractivity contribution is -0.121. The van der Waals surface area contributed by atoms with Crippen LogP contribution in [0.5, 0.6) is 0 Å². The first-order valence-corrected chi connectivity index (χ1v) is 9.22. The Morgan fingerprint density at radius 3 is 2.68 bits per heavy atom. The van der Waals surface area contributed by atoms with Crippen molar-refractivity contribution in [2.75, 3.05) is 31.2 Å². The molecule has 25 heavy (non-hydrogen) atoms. The van der Waals surface area contributed by atoms with E-state index < -0.39 is 0 Å². The molecule has 3 rings (SSSR count). The van der Waals surface area contributed by atoms with Gasteiger partial charge in [-0.25, -0.2) is 4.98 Å². The van der Waals surface area contributed by atoms with Crippen LogP contribution in [0.1, 0.15) is 28.9 Å². The number of amides is 1. The van der Waals surface area contributed by atoms with Crippen LogP contribution in [-0.2, 0) is 16.1 Å². The third-order valence-electron chi connectivity index (χ3n) is 3.96. The quantitative estimate of drug-likeness (QED) is 0.768. The van der Waals surface area contributed by atoms with Gasteiger partial charge < -0.3 is 15.0 Å². The van der Waals surface area contributed by atoms with Gasteiger partial charge in [0.25, 0.3) is 0 Å². The summed E-state index contributed by atoms with van der Waals surface area (Å²) in [6.07, 6.45) is 0.403. The van der Waals surface area contributed by atoms with Crippen LogP contribution in [0.2, 0.25) is 0 Å². The minimum atomic E-state index is -0.134. The molecule has 0 aliphatic carbocycles. The number of benzene rings is 1. The van der Waals surface area contributed by atoms with E-state index in [4.69, 9.17) is 4.74 Å². The van der Waals surface area contributed by atoms with Crippen molar-refractivity contribution in [1.29, 1.82) is 0 Å². The number of Topliss-reactive ketones (excluding diaryl/α,β-unsaturated/α-hetero) is 1. The van der Waals surface area contributed by atoms with E-state index in [9.17, 15) is 9.59 Å². The molecule has 0 spiro atoms. The molecule has 1 fully saturated rings. The van der Waals surface area contributed by atoms with Crippen LogP contribution >= 0.6 is 11.3 Å². The molecule has 1 N–H and O–H groups in total. The molecule has 1 saturated heterocycles. The van der Waals surface area contributed by atoms with Gasteiger partial charge in [0.15, 0.2) is 10.9 Å². The highest BCUT2D eigenvalue weighted by atomic mass is 32.1. The number of nitrogens with one attached hydrogen (secondary N) is 1. The van der Waals surface area contributed by atoms with Crippen molar-refractivity contribution < 1.29 is 14.3 Å². The first kappa shape index (κ1) is 17.6. The molecule has 1 aromatic heterocycles. The molecule has 0 saturated carbocycles. The highest BCUT2D eigenvalue weighted by Gasteiger charge is 2.15. The summed E-state index contributed by atoms with van der Waals surface area (Å²) in [5.74, 6) is -0.149. The van der Waals surface area contributed by atoms with Gasteiger partial charge in [-0.2, -0.15) is 0 Å². The van der Waals surface area contributed by atoms with Crippen molar-refractivity contribution in [2.45, 2.75) is 19.4 Å². The fraction of sp³-hybridized carbons (Fsp3) is 0.389. The van der Waals surface area contributed by atoms with E-state index in [1.165, 1.54) is 0 Å². The summed E-state index contributed by atoms with van der Waals surface area (Å²) >= 11 is 1.58. The van der Waals surface area contributed by atoms with Gasteiger partial charge in [0.1, 0.15) is 0 Å². The van der Waals surface area contributed by atoms with Gasteiger partial charge >= 0.3 is 0 Å². The fourth-order valence-electron chi connectivity index (χ4n) is 2.55. The van der Waals surface area contributed by atoms with Crippen molar-refractivity contribution in [3.63, 3.8) is 0 Å². The van der Waals surface area contributed by atoms with Crippen LogP contribution in [-0.4, -0.2) is 43.0 Å². The van der Waals surface area contributed by atoms with Gasteiger partial charge in [0.2, 0.25) is 5.91 Å². The molecule has 6 nitrogen and oxygen atoms in total. The Balaban J connectivity index is 1.41. The minimum Gasteiger partial charge on any atom is -0.378 e. The molecular weight excluding hydrogens is 338 g/mol. The number of ether oxygens (including phenoxy) is 1. The molecule has 0 radical (unpaired) electrons. The zero-order valence-electron chi connectivity index (χ0n) is 13.9. The number of hydrogen-bond donors (Lipinski definition) is 1. The molecule has 132 valence electrons. The Kier molecular flexibility index (Phi) is 6.14. The summed E-state index contributed by atoms with van der Waals surface area (Å²) in [7, 11) is 0. The molecule has 2 heterocycles. The van der Waals surface area contributed by atoms with Crippen LogP contribution in [0.15, 0.2) is 35.7 Å². The molecule has 1 amide bonds. The summed E-state index contributed by atoms with van der Waals surface area (Å²) in [4.78, 5) is 30.7. The molecular formula is C18H21N3O3S. The van der Waals surface area contributed by atoms with E-state index in [-0.39, 0.29) is 24.5 Å². The van der Waals surface area contributed by atoms with E-state index >= 15 is 0 Å². The van der Waals surface area contributed by atoms with Crippen molar-refractivity contribution in [2.24, 2.45) is 0 Å². The molecule has 1 aliphatic heterocycles. The van der Waals surface area contributed by atoms with Crippen molar-refractivity contribution >= 4 is 28.2 Å². The number of morpholine rings is 1. The van der Waals surface area contributed by atoms with Gasteiger partial charge in [-0.3, -0.25) is 9.59 Å². The van der Waals surface area contributed by atoms with E-state index in [1.54, 1.807) is 23.5 Å². The third kappa shape index (κ3) is 5.11. The lowest BCUT2D eigenvalue weighted by Crippen LogP contribution is -2.36. The van der Waals surface area contributed by atoms with Crippen molar-refractivity contribution in [3.8, 4) is 0 Å². The molecule has 7 heteroatoms. The number of anilines is 1. The molecule has 2 aromatic rings. The normalized spacial score (nSPS) is 14.3. The van der Waals surface area contributed by atoms with Crippen LogP contribution in [0.3, 0.4) is 0 Å². The number of hydrogen-bond acceptors (Lipinski definition) is 6. The number of carbonyl (C=O) groups excluding carboxylic acids is 2. The average molecular weight is 359 g/mol. The number of thiazole rings is 1. The highest BCUT2D eigenvalue weighted by molar-refractivity contribution is 7.13.